The highest BCUT2D eigenvalue weighted by atomic mass is 16.2. The molecule has 100 valence electrons. The maximum atomic E-state index is 11.6. The highest BCUT2D eigenvalue weighted by Gasteiger charge is 2.24. The summed E-state index contributed by atoms with van der Waals surface area (Å²) in [6, 6.07) is 5.50. The van der Waals surface area contributed by atoms with Crippen molar-refractivity contribution in [3.05, 3.63) is 41.7 Å². The number of rotatable bonds is 2. The molecule has 2 aromatic rings. The van der Waals surface area contributed by atoms with E-state index >= 15 is 0 Å². The van der Waals surface area contributed by atoms with Gasteiger partial charge in [-0.2, -0.15) is 5.01 Å². The monoisotopic (exact) mass is 268 g/mol. The molecule has 1 aliphatic heterocycles. The second kappa shape index (κ2) is 4.41. The molecule has 0 saturated carbocycles. The van der Waals surface area contributed by atoms with Gasteiger partial charge in [0, 0.05) is 28.9 Å². The Balaban J connectivity index is 2.07. The van der Waals surface area contributed by atoms with Gasteiger partial charge in [-0.3, -0.25) is 15.0 Å². The van der Waals surface area contributed by atoms with E-state index in [4.69, 9.17) is 0 Å². The first kappa shape index (κ1) is 12.3. The van der Waals surface area contributed by atoms with Gasteiger partial charge in [-0.15, -0.1) is 0 Å². The molecule has 3 heterocycles. The lowest BCUT2D eigenvalue weighted by atomic mass is 10.2. The second-order valence-corrected chi connectivity index (χ2v) is 4.59. The first-order chi connectivity index (χ1) is 9.54. The summed E-state index contributed by atoms with van der Waals surface area (Å²) in [5, 5.41) is 1.72. The summed E-state index contributed by atoms with van der Waals surface area (Å²) in [6.45, 7) is 3.72. The van der Waals surface area contributed by atoms with Crippen LogP contribution in [0.5, 0.6) is 0 Å². The molecule has 0 radical (unpaired) electrons. The predicted octanol–water partition coefficient (Wildman–Crippen LogP) is 1.50. The summed E-state index contributed by atoms with van der Waals surface area (Å²) in [4.78, 5) is 31.9. The van der Waals surface area contributed by atoms with Crippen LogP contribution >= 0.6 is 0 Å². The summed E-state index contributed by atoms with van der Waals surface area (Å²) in [6.07, 6.45) is 2.46. The van der Waals surface area contributed by atoms with Crippen LogP contribution in [0.2, 0.25) is 0 Å². The third-order valence-corrected chi connectivity index (χ3v) is 2.98. The van der Waals surface area contributed by atoms with Gasteiger partial charge in [-0.1, -0.05) is 0 Å². The Bertz CT molecular complexity index is 744. The number of hydrogen-bond donors (Lipinski definition) is 1. The Kier molecular flexibility index (Phi) is 2.71. The molecule has 20 heavy (non-hydrogen) atoms. The number of nitrogens with zero attached hydrogens (tertiary/aromatic N) is 3. The van der Waals surface area contributed by atoms with Gasteiger partial charge in [0.05, 0.1) is 5.69 Å². The number of carbonyl (C=O) groups excluding carboxylic acids is 2. The molecule has 0 aromatic carbocycles. The van der Waals surface area contributed by atoms with Crippen molar-refractivity contribution >= 4 is 28.5 Å². The quantitative estimate of drug-likeness (QED) is 0.835. The van der Waals surface area contributed by atoms with E-state index in [2.05, 4.69) is 15.4 Å². The minimum atomic E-state index is -0.391. The Labute approximate surface area is 115 Å². The van der Waals surface area contributed by atoms with Crippen LogP contribution in [-0.2, 0) is 9.59 Å². The van der Waals surface area contributed by atoms with E-state index in [1.807, 2.05) is 26.0 Å². The topological polar surface area (TPSA) is 75.2 Å². The van der Waals surface area contributed by atoms with Crippen molar-refractivity contribution in [3.63, 3.8) is 0 Å². The Morgan fingerprint density at radius 2 is 1.65 bits per heavy atom. The van der Waals surface area contributed by atoms with Gasteiger partial charge in [0.15, 0.2) is 5.65 Å². The molecular formula is C14H12N4O2. The van der Waals surface area contributed by atoms with Gasteiger partial charge >= 0.3 is 0 Å². The van der Waals surface area contributed by atoms with Crippen molar-refractivity contribution in [2.24, 2.45) is 0 Å². The second-order valence-electron chi connectivity index (χ2n) is 4.59. The molecular weight excluding hydrogens is 256 g/mol. The largest absolute Gasteiger partial charge is 0.288 e. The van der Waals surface area contributed by atoms with Crippen molar-refractivity contribution < 1.29 is 9.59 Å². The standard InChI is InChI=1S/C14H12N4O2/c1-8-3-4-10-11(7-9(2)16-14(10)15-8)17-18-12(19)5-6-13(18)20/h3-7H,1-2H3,(H,15,16,17). The molecule has 1 aliphatic rings. The SMILES string of the molecule is Cc1ccc2c(NN3C(=O)C=CC3=O)cc(C)nc2n1. The molecule has 0 unspecified atom stereocenters. The van der Waals surface area contributed by atoms with Crippen molar-refractivity contribution in [3.8, 4) is 0 Å². The van der Waals surface area contributed by atoms with Crippen LogP contribution in [0.15, 0.2) is 30.4 Å². The average molecular weight is 268 g/mol. The zero-order chi connectivity index (χ0) is 14.3. The predicted molar refractivity (Wildman–Crippen MR) is 73.6 cm³/mol. The fraction of sp³-hybridized carbons (Fsp3) is 0.143. The number of carbonyl (C=O) groups is 2. The molecule has 3 rings (SSSR count). The van der Waals surface area contributed by atoms with E-state index < -0.39 is 11.8 Å². The molecule has 0 atom stereocenters. The number of imide groups is 1. The molecule has 0 saturated heterocycles. The number of fused-ring (bicyclic) bond motifs is 1. The number of nitrogens with one attached hydrogen (secondary N) is 1. The molecule has 0 bridgehead atoms. The van der Waals surface area contributed by atoms with Gasteiger partial charge < -0.3 is 0 Å². The lowest BCUT2D eigenvalue weighted by Crippen LogP contribution is -2.35. The maximum Gasteiger partial charge on any atom is 0.272 e. The number of hydrogen-bond acceptors (Lipinski definition) is 5. The summed E-state index contributed by atoms with van der Waals surface area (Å²) in [7, 11) is 0. The normalized spacial score (nSPS) is 14.4. The van der Waals surface area contributed by atoms with Crippen LogP contribution in [0.1, 0.15) is 11.4 Å². The summed E-state index contributed by atoms with van der Waals surface area (Å²) < 4.78 is 0. The lowest BCUT2D eigenvalue weighted by Gasteiger charge is -2.18. The first-order valence-electron chi connectivity index (χ1n) is 6.12. The minimum Gasteiger partial charge on any atom is -0.288 e. The van der Waals surface area contributed by atoms with Crippen LogP contribution in [0, 0.1) is 13.8 Å². The van der Waals surface area contributed by atoms with Crippen molar-refractivity contribution in [1.29, 1.82) is 0 Å². The van der Waals surface area contributed by atoms with E-state index in [0.717, 1.165) is 21.8 Å². The van der Waals surface area contributed by atoms with Gasteiger partial charge in [0.25, 0.3) is 11.8 Å². The minimum absolute atomic E-state index is 0.391. The zero-order valence-electron chi connectivity index (χ0n) is 11.0. The van der Waals surface area contributed by atoms with E-state index in [1.165, 1.54) is 12.2 Å². The average Bonchev–Trinajstić information content (AvgIpc) is 2.69. The number of amides is 2. The number of pyridine rings is 2. The van der Waals surface area contributed by atoms with Crippen molar-refractivity contribution in [1.82, 2.24) is 15.0 Å². The van der Waals surface area contributed by atoms with Crippen LogP contribution in [0.3, 0.4) is 0 Å². The van der Waals surface area contributed by atoms with Crippen LogP contribution in [-0.4, -0.2) is 26.8 Å². The van der Waals surface area contributed by atoms with Crippen LogP contribution in [0.4, 0.5) is 5.69 Å². The first-order valence-corrected chi connectivity index (χ1v) is 6.12. The molecule has 6 nitrogen and oxygen atoms in total. The Hall–Kier alpha value is -2.76. The molecule has 1 N–H and O–H groups in total. The fourth-order valence-electron chi connectivity index (χ4n) is 2.05. The van der Waals surface area contributed by atoms with Crippen LogP contribution < -0.4 is 5.43 Å². The third kappa shape index (κ3) is 2.01. The zero-order valence-corrected chi connectivity index (χ0v) is 11.0. The third-order valence-electron chi connectivity index (χ3n) is 2.98. The smallest absolute Gasteiger partial charge is 0.272 e. The van der Waals surface area contributed by atoms with E-state index in [9.17, 15) is 9.59 Å². The molecule has 6 heteroatoms. The van der Waals surface area contributed by atoms with Gasteiger partial charge in [0.2, 0.25) is 0 Å². The van der Waals surface area contributed by atoms with E-state index in [1.54, 1.807) is 6.07 Å². The molecule has 0 spiro atoms. The molecule has 2 aromatic heterocycles. The van der Waals surface area contributed by atoms with E-state index in [-0.39, 0.29) is 0 Å². The number of anilines is 1. The van der Waals surface area contributed by atoms with Crippen molar-refractivity contribution in [2.45, 2.75) is 13.8 Å². The number of aryl methyl sites for hydroxylation is 2. The van der Waals surface area contributed by atoms with Gasteiger partial charge in [-0.25, -0.2) is 9.97 Å². The highest BCUT2D eigenvalue weighted by Crippen LogP contribution is 2.23. The van der Waals surface area contributed by atoms with Crippen molar-refractivity contribution in [2.75, 3.05) is 5.43 Å². The number of hydrazine groups is 1. The van der Waals surface area contributed by atoms with E-state index in [0.29, 0.717) is 11.3 Å². The maximum absolute atomic E-state index is 11.6. The molecule has 0 fully saturated rings. The molecule has 0 aliphatic carbocycles. The van der Waals surface area contributed by atoms with Gasteiger partial charge in [0.1, 0.15) is 0 Å². The summed E-state index contributed by atoms with van der Waals surface area (Å²) in [5.41, 5.74) is 5.66. The fourth-order valence-corrected chi connectivity index (χ4v) is 2.05. The van der Waals surface area contributed by atoms with Gasteiger partial charge in [-0.05, 0) is 32.0 Å². The number of aromatic nitrogens is 2. The summed E-state index contributed by atoms with van der Waals surface area (Å²) in [5.74, 6) is -0.782. The Morgan fingerprint density at radius 3 is 2.35 bits per heavy atom. The summed E-state index contributed by atoms with van der Waals surface area (Å²) >= 11 is 0. The molecule has 2 amide bonds. The van der Waals surface area contributed by atoms with Crippen LogP contribution in [0.25, 0.3) is 11.0 Å². The highest BCUT2D eigenvalue weighted by molar-refractivity contribution is 6.14. The lowest BCUT2D eigenvalue weighted by molar-refractivity contribution is -0.135. The Morgan fingerprint density at radius 1 is 1.00 bits per heavy atom.